The number of hydrogen-bond acceptors (Lipinski definition) is 3. The number of nitrogens with two attached hydrogens (primary N) is 1. The monoisotopic (exact) mass is 211 g/mol. The van der Waals surface area contributed by atoms with Gasteiger partial charge in [0, 0.05) is 5.92 Å². The summed E-state index contributed by atoms with van der Waals surface area (Å²) in [5.74, 6) is 0.706. The fourth-order valence-electron chi connectivity index (χ4n) is 1.87. The molecule has 0 bridgehead atoms. The Bertz CT molecular complexity index is 282. The molecule has 2 rings (SSSR count). The largest absolute Gasteiger partial charge is 0.409 e. The van der Waals surface area contributed by atoms with Crippen LogP contribution in [0.2, 0.25) is 0 Å². The van der Waals surface area contributed by atoms with Crippen LogP contribution in [0, 0.1) is 11.8 Å². The van der Waals surface area contributed by atoms with Crippen molar-refractivity contribution in [1.82, 2.24) is 5.32 Å². The summed E-state index contributed by atoms with van der Waals surface area (Å²) >= 11 is 0. The van der Waals surface area contributed by atoms with Crippen molar-refractivity contribution in [2.24, 2.45) is 22.7 Å². The molecule has 0 aliphatic heterocycles. The van der Waals surface area contributed by atoms with Crippen LogP contribution in [-0.2, 0) is 4.79 Å². The lowest BCUT2D eigenvalue weighted by Gasteiger charge is -2.26. The van der Waals surface area contributed by atoms with Crippen LogP contribution in [0.3, 0.4) is 0 Å². The highest BCUT2D eigenvalue weighted by Crippen LogP contribution is 2.33. The molecule has 5 heteroatoms. The zero-order valence-corrected chi connectivity index (χ0v) is 8.65. The predicted octanol–water partition coefficient (Wildman–Crippen LogP) is 0.428. The molecule has 1 amide bonds. The first-order valence-electron chi connectivity index (χ1n) is 5.50. The van der Waals surface area contributed by atoms with Crippen molar-refractivity contribution >= 4 is 11.7 Å². The Morgan fingerprint density at radius 3 is 2.47 bits per heavy atom. The number of amides is 1. The number of amidine groups is 1. The second-order valence-corrected chi connectivity index (χ2v) is 4.48. The first kappa shape index (κ1) is 10.3. The smallest absolute Gasteiger partial charge is 0.223 e. The molecule has 1 unspecified atom stereocenters. The predicted molar refractivity (Wildman–Crippen MR) is 55.4 cm³/mol. The van der Waals surface area contributed by atoms with Crippen molar-refractivity contribution in [3.05, 3.63) is 0 Å². The molecule has 2 aliphatic carbocycles. The van der Waals surface area contributed by atoms with Crippen molar-refractivity contribution < 1.29 is 10.0 Å². The van der Waals surface area contributed by atoms with Gasteiger partial charge in [-0.2, -0.15) is 0 Å². The molecule has 2 fully saturated rings. The van der Waals surface area contributed by atoms with Crippen molar-refractivity contribution in [2.75, 3.05) is 0 Å². The summed E-state index contributed by atoms with van der Waals surface area (Å²) in [6.45, 7) is 0. The molecule has 0 aromatic rings. The summed E-state index contributed by atoms with van der Waals surface area (Å²) in [5, 5.41) is 14.5. The molecule has 84 valence electrons. The maximum absolute atomic E-state index is 11.7. The fourth-order valence-corrected chi connectivity index (χ4v) is 1.87. The van der Waals surface area contributed by atoms with E-state index < -0.39 is 0 Å². The third-order valence-corrected chi connectivity index (χ3v) is 3.30. The van der Waals surface area contributed by atoms with Crippen LogP contribution >= 0.6 is 0 Å². The maximum atomic E-state index is 11.7. The quantitative estimate of drug-likeness (QED) is 0.273. The molecule has 0 radical (unpaired) electrons. The number of carbonyl (C=O) groups is 1. The Labute approximate surface area is 88.7 Å². The lowest BCUT2D eigenvalue weighted by atomic mass is 9.84. The average molecular weight is 211 g/mol. The molecule has 5 nitrogen and oxygen atoms in total. The van der Waals surface area contributed by atoms with Crippen LogP contribution < -0.4 is 11.1 Å². The summed E-state index contributed by atoms with van der Waals surface area (Å²) in [6, 6.07) is -0.261. The van der Waals surface area contributed by atoms with Crippen LogP contribution in [0.4, 0.5) is 0 Å². The van der Waals surface area contributed by atoms with Gasteiger partial charge in [-0.05, 0) is 31.6 Å². The highest BCUT2D eigenvalue weighted by atomic mass is 16.4. The van der Waals surface area contributed by atoms with Crippen molar-refractivity contribution in [2.45, 2.75) is 38.1 Å². The van der Waals surface area contributed by atoms with Crippen molar-refractivity contribution in [3.8, 4) is 0 Å². The van der Waals surface area contributed by atoms with Gasteiger partial charge >= 0.3 is 0 Å². The van der Waals surface area contributed by atoms with E-state index in [4.69, 9.17) is 10.9 Å². The molecule has 0 heterocycles. The van der Waals surface area contributed by atoms with E-state index in [0.717, 1.165) is 32.1 Å². The topological polar surface area (TPSA) is 87.7 Å². The molecular weight excluding hydrogens is 194 g/mol. The standard InChI is InChI=1S/C10H17N3O2/c11-9(13-15)8(6-4-5-6)12-10(14)7-2-1-3-7/h6-8,15H,1-5H2,(H2,11,13)(H,12,14). The van der Waals surface area contributed by atoms with E-state index >= 15 is 0 Å². The third-order valence-electron chi connectivity index (χ3n) is 3.30. The van der Waals surface area contributed by atoms with E-state index in [2.05, 4.69) is 10.5 Å². The maximum Gasteiger partial charge on any atom is 0.223 e. The van der Waals surface area contributed by atoms with Crippen LogP contribution in [0.25, 0.3) is 0 Å². The Balaban J connectivity index is 1.90. The van der Waals surface area contributed by atoms with Gasteiger partial charge in [-0.1, -0.05) is 11.6 Å². The van der Waals surface area contributed by atoms with E-state index in [-0.39, 0.29) is 23.7 Å². The highest BCUT2D eigenvalue weighted by Gasteiger charge is 2.37. The molecule has 2 aliphatic rings. The van der Waals surface area contributed by atoms with Crippen LogP contribution in [0.1, 0.15) is 32.1 Å². The van der Waals surface area contributed by atoms with Crippen LogP contribution in [0.5, 0.6) is 0 Å². The summed E-state index contributed by atoms with van der Waals surface area (Å²) in [4.78, 5) is 11.7. The van der Waals surface area contributed by atoms with Gasteiger partial charge in [0.15, 0.2) is 5.84 Å². The Kier molecular flexibility index (Phi) is 2.79. The van der Waals surface area contributed by atoms with Crippen molar-refractivity contribution in [1.29, 1.82) is 0 Å². The zero-order chi connectivity index (χ0) is 10.8. The number of rotatable bonds is 4. The second kappa shape index (κ2) is 4.08. The van der Waals surface area contributed by atoms with Gasteiger partial charge in [0.2, 0.25) is 5.91 Å². The van der Waals surface area contributed by atoms with E-state index in [1.165, 1.54) is 0 Å². The van der Waals surface area contributed by atoms with E-state index in [1.54, 1.807) is 0 Å². The summed E-state index contributed by atoms with van der Waals surface area (Å²) in [7, 11) is 0. The number of nitrogens with one attached hydrogen (secondary N) is 1. The van der Waals surface area contributed by atoms with Crippen molar-refractivity contribution in [3.63, 3.8) is 0 Å². The first-order chi connectivity index (χ1) is 7.22. The number of nitrogens with zero attached hydrogens (tertiary/aromatic N) is 1. The Morgan fingerprint density at radius 2 is 2.07 bits per heavy atom. The molecule has 0 saturated heterocycles. The SMILES string of the molecule is NC(=NO)C(NC(=O)C1CCC1)C1CC1. The summed E-state index contributed by atoms with van der Waals surface area (Å²) < 4.78 is 0. The molecule has 0 aromatic heterocycles. The average Bonchev–Trinajstić information content (AvgIpc) is 2.93. The molecule has 0 aromatic carbocycles. The summed E-state index contributed by atoms with van der Waals surface area (Å²) in [5.41, 5.74) is 5.55. The van der Waals surface area contributed by atoms with Gasteiger partial charge < -0.3 is 16.3 Å². The van der Waals surface area contributed by atoms with Gasteiger partial charge in [0.1, 0.15) is 0 Å². The number of hydrogen-bond donors (Lipinski definition) is 3. The molecule has 1 atom stereocenters. The van der Waals surface area contributed by atoms with E-state index in [9.17, 15) is 4.79 Å². The molecule has 2 saturated carbocycles. The minimum absolute atomic E-state index is 0.0600. The van der Waals surface area contributed by atoms with E-state index in [1.807, 2.05) is 0 Å². The number of oxime groups is 1. The zero-order valence-electron chi connectivity index (χ0n) is 8.65. The highest BCUT2D eigenvalue weighted by molar-refractivity contribution is 5.91. The lowest BCUT2D eigenvalue weighted by Crippen LogP contribution is -2.49. The Hall–Kier alpha value is -1.26. The van der Waals surface area contributed by atoms with Gasteiger partial charge in [0.25, 0.3) is 0 Å². The normalized spacial score (nSPS) is 24.4. The Morgan fingerprint density at radius 1 is 1.40 bits per heavy atom. The van der Waals surface area contributed by atoms with E-state index in [0.29, 0.717) is 5.92 Å². The van der Waals surface area contributed by atoms with Gasteiger partial charge in [-0.3, -0.25) is 4.79 Å². The first-order valence-corrected chi connectivity index (χ1v) is 5.50. The van der Waals surface area contributed by atoms with Crippen LogP contribution in [-0.4, -0.2) is 23.0 Å². The molecule has 0 spiro atoms. The van der Waals surface area contributed by atoms with Gasteiger partial charge in [-0.25, -0.2) is 0 Å². The number of carbonyl (C=O) groups excluding carboxylic acids is 1. The molecule has 15 heavy (non-hydrogen) atoms. The fraction of sp³-hybridized carbons (Fsp3) is 0.800. The minimum Gasteiger partial charge on any atom is -0.409 e. The minimum atomic E-state index is -0.261. The lowest BCUT2D eigenvalue weighted by molar-refractivity contribution is -0.127. The molecule has 4 N–H and O–H groups in total. The van der Waals surface area contributed by atoms with Gasteiger partial charge in [0.05, 0.1) is 6.04 Å². The summed E-state index contributed by atoms with van der Waals surface area (Å²) in [6.07, 6.45) is 5.17. The van der Waals surface area contributed by atoms with Crippen LogP contribution in [0.15, 0.2) is 5.16 Å². The second-order valence-electron chi connectivity index (χ2n) is 4.48. The van der Waals surface area contributed by atoms with Gasteiger partial charge in [-0.15, -0.1) is 0 Å². The third kappa shape index (κ3) is 2.22. The molecular formula is C10H17N3O2.